The molecule has 1 aromatic carbocycles. The molecule has 0 fully saturated rings. The van der Waals surface area contributed by atoms with Gasteiger partial charge in [0.25, 0.3) is 0 Å². The molecular formula is C12H19NO2. The molecule has 1 aromatic rings. The lowest BCUT2D eigenvalue weighted by Crippen LogP contribution is -2.17. The zero-order valence-corrected chi connectivity index (χ0v) is 9.40. The fraction of sp³-hybridized carbons (Fsp3) is 0.500. The molecule has 0 aliphatic heterocycles. The molecule has 0 aromatic heterocycles. The number of methoxy groups -OCH3 is 1. The van der Waals surface area contributed by atoms with Crippen LogP contribution in [0.2, 0.25) is 0 Å². The van der Waals surface area contributed by atoms with Gasteiger partial charge in [0.05, 0.1) is 13.2 Å². The van der Waals surface area contributed by atoms with Crippen molar-refractivity contribution in [3.05, 3.63) is 29.8 Å². The molecule has 0 spiro atoms. The minimum absolute atomic E-state index is 0.269. The van der Waals surface area contributed by atoms with Crippen LogP contribution in [-0.4, -0.2) is 26.9 Å². The molecule has 0 radical (unpaired) electrons. The first kappa shape index (κ1) is 12.0. The zero-order chi connectivity index (χ0) is 11.1. The Morgan fingerprint density at radius 2 is 1.93 bits per heavy atom. The van der Waals surface area contributed by atoms with Crippen LogP contribution in [0, 0.1) is 0 Å². The summed E-state index contributed by atoms with van der Waals surface area (Å²) < 4.78 is 10.5. The van der Waals surface area contributed by atoms with Crippen LogP contribution < -0.4 is 10.5 Å². The lowest BCUT2D eigenvalue weighted by molar-refractivity contribution is 0.181. The van der Waals surface area contributed by atoms with Crippen LogP contribution in [0.4, 0.5) is 0 Å². The number of rotatable bonds is 6. The minimum Gasteiger partial charge on any atom is -0.494 e. The summed E-state index contributed by atoms with van der Waals surface area (Å²) in [6, 6.07) is 8.03. The standard InChI is InChI=1S/C12H19NO2/c1-3-15-12-6-4-10(5-7-12)11(8-13)9-14-2/h4-7,11H,3,8-9,13H2,1-2H3. The van der Waals surface area contributed by atoms with E-state index < -0.39 is 0 Å². The monoisotopic (exact) mass is 209 g/mol. The third-order valence-corrected chi connectivity index (χ3v) is 2.31. The topological polar surface area (TPSA) is 44.5 Å². The molecule has 1 atom stereocenters. The number of hydrogen-bond acceptors (Lipinski definition) is 3. The van der Waals surface area contributed by atoms with Gasteiger partial charge >= 0.3 is 0 Å². The van der Waals surface area contributed by atoms with Crippen molar-refractivity contribution >= 4 is 0 Å². The van der Waals surface area contributed by atoms with Gasteiger partial charge in [-0.15, -0.1) is 0 Å². The Morgan fingerprint density at radius 1 is 1.27 bits per heavy atom. The van der Waals surface area contributed by atoms with E-state index in [1.54, 1.807) is 7.11 Å². The van der Waals surface area contributed by atoms with Gasteiger partial charge < -0.3 is 15.2 Å². The zero-order valence-electron chi connectivity index (χ0n) is 9.40. The molecule has 3 nitrogen and oxygen atoms in total. The molecule has 0 saturated heterocycles. The second-order valence-corrected chi connectivity index (χ2v) is 3.39. The lowest BCUT2D eigenvalue weighted by Gasteiger charge is -2.14. The Morgan fingerprint density at radius 3 is 2.40 bits per heavy atom. The van der Waals surface area contributed by atoms with E-state index in [9.17, 15) is 0 Å². The quantitative estimate of drug-likeness (QED) is 0.776. The van der Waals surface area contributed by atoms with Gasteiger partial charge in [0, 0.05) is 19.6 Å². The van der Waals surface area contributed by atoms with Gasteiger partial charge in [0.2, 0.25) is 0 Å². The van der Waals surface area contributed by atoms with Crippen molar-refractivity contribution < 1.29 is 9.47 Å². The molecule has 1 unspecified atom stereocenters. The highest BCUT2D eigenvalue weighted by Crippen LogP contribution is 2.19. The first-order chi connectivity index (χ1) is 7.31. The van der Waals surface area contributed by atoms with Crippen molar-refractivity contribution in [2.45, 2.75) is 12.8 Å². The molecule has 0 saturated carbocycles. The predicted molar refractivity (Wildman–Crippen MR) is 61.3 cm³/mol. The van der Waals surface area contributed by atoms with E-state index in [2.05, 4.69) is 0 Å². The fourth-order valence-corrected chi connectivity index (χ4v) is 1.50. The maximum absolute atomic E-state index is 5.68. The fourth-order valence-electron chi connectivity index (χ4n) is 1.50. The summed E-state index contributed by atoms with van der Waals surface area (Å²) in [5.41, 5.74) is 6.87. The average Bonchev–Trinajstić information content (AvgIpc) is 2.28. The van der Waals surface area contributed by atoms with Crippen LogP contribution >= 0.6 is 0 Å². The van der Waals surface area contributed by atoms with Crippen molar-refractivity contribution in [1.29, 1.82) is 0 Å². The molecule has 3 heteroatoms. The van der Waals surface area contributed by atoms with E-state index in [1.807, 2.05) is 31.2 Å². The van der Waals surface area contributed by atoms with Crippen LogP contribution in [-0.2, 0) is 4.74 Å². The number of nitrogens with two attached hydrogens (primary N) is 1. The Kier molecular flexibility index (Phi) is 5.15. The summed E-state index contributed by atoms with van der Waals surface area (Å²) in [7, 11) is 1.69. The largest absolute Gasteiger partial charge is 0.494 e. The van der Waals surface area contributed by atoms with Crippen LogP contribution in [0.3, 0.4) is 0 Å². The van der Waals surface area contributed by atoms with Crippen molar-refractivity contribution in [2.75, 3.05) is 26.9 Å². The minimum atomic E-state index is 0.269. The second-order valence-electron chi connectivity index (χ2n) is 3.39. The number of benzene rings is 1. The Bertz CT molecular complexity index is 271. The highest BCUT2D eigenvalue weighted by molar-refractivity contribution is 5.29. The van der Waals surface area contributed by atoms with Gasteiger partial charge in [-0.05, 0) is 24.6 Å². The third kappa shape index (κ3) is 3.53. The molecule has 1 rings (SSSR count). The maximum atomic E-state index is 5.68. The van der Waals surface area contributed by atoms with Gasteiger partial charge in [0.1, 0.15) is 5.75 Å². The molecule has 15 heavy (non-hydrogen) atoms. The van der Waals surface area contributed by atoms with E-state index in [-0.39, 0.29) is 5.92 Å². The highest BCUT2D eigenvalue weighted by atomic mass is 16.5. The van der Waals surface area contributed by atoms with Crippen LogP contribution in [0.5, 0.6) is 5.75 Å². The SMILES string of the molecule is CCOc1ccc(C(CN)COC)cc1. The Hall–Kier alpha value is -1.06. The lowest BCUT2D eigenvalue weighted by atomic mass is 10.0. The van der Waals surface area contributed by atoms with E-state index in [0.29, 0.717) is 19.8 Å². The van der Waals surface area contributed by atoms with Crippen molar-refractivity contribution in [3.63, 3.8) is 0 Å². The molecule has 0 amide bonds. The molecule has 0 bridgehead atoms. The molecule has 0 aliphatic rings. The van der Waals surface area contributed by atoms with Crippen LogP contribution in [0.1, 0.15) is 18.4 Å². The van der Waals surface area contributed by atoms with E-state index >= 15 is 0 Å². The second kappa shape index (κ2) is 6.43. The van der Waals surface area contributed by atoms with Gasteiger partial charge in [-0.25, -0.2) is 0 Å². The van der Waals surface area contributed by atoms with E-state index in [0.717, 1.165) is 5.75 Å². The number of ether oxygens (including phenoxy) is 2. The van der Waals surface area contributed by atoms with E-state index in [4.69, 9.17) is 15.2 Å². The summed E-state index contributed by atoms with van der Waals surface area (Å²) in [6.07, 6.45) is 0. The summed E-state index contributed by atoms with van der Waals surface area (Å²) >= 11 is 0. The van der Waals surface area contributed by atoms with Gasteiger partial charge in [0.15, 0.2) is 0 Å². The first-order valence-corrected chi connectivity index (χ1v) is 5.23. The number of hydrogen-bond donors (Lipinski definition) is 1. The van der Waals surface area contributed by atoms with Crippen molar-refractivity contribution in [1.82, 2.24) is 0 Å². The highest BCUT2D eigenvalue weighted by Gasteiger charge is 2.08. The van der Waals surface area contributed by atoms with Gasteiger partial charge in [-0.3, -0.25) is 0 Å². The van der Waals surface area contributed by atoms with Crippen molar-refractivity contribution in [2.24, 2.45) is 5.73 Å². The molecule has 84 valence electrons. The normalized spacial score (nSPS) is 12.5. The maximum Gasteiger partial charge on any atom is 0.119 e. The van der Waals surface area contributed by atoms with Crippen LogP contribution in [0.25, 0.3) is 0 Å². The average molecular weight is 209 g/mol. The summed E-state index contributed by atoms with van der Waals surface area (Å²) in [4.78, 5) is 0. The summed E-state index contributed by atoms with van der Waals surface area (Å²) in [5, 5.41) is 0. The van der Waals surface area contributed by atoms with E-state index in [1.165, 1.54) is 5.56 Å². The van der Waals surface area contributed by atoms with Crippen molar-refractivity contribution in [3.8, 4) is 5.75 Å². The molecule has 2 N–H and O–H groups in total. The molecule has 0 heterocycles. The molecule has 0 aliphatic carbocycles. The van der Waals surface area contributed by atoms with Crippen LogP contribution in [0.15, 0.2) is 24.3 Å². The van der Waals surface area contributed by atoms with Gasteiger partial charge in [-0.1, -0.05) is 12.1 Å². The summed E-state index contributed by atoms with van der Waals surface area (Å²) in [5.74, 6) is 1.17. The third-order valence-electron chi connectivity index (χ3n) is 2.31. The smallest absolute Gasteiger partial charge is 0.119 e. The van der Waals surface area contributed by atoms with Gasteiger partial charge in [-0.2, -0.15) is 0 Å². The Balaban J connectivity index is 2.68. The Labute approximate surface area is 91.2 Å². The summed E-state index contributed by atoms with van der Waals surface area (Å²) in [6.45, 7) is 3.92. The molecular weight excluding hydrogens is 190 g/mol. The first-order valence-electron chi connectivity index (χ1n) is 5.23. The predicted octanol–water partition coefficient (Wildman–Crippen LogP) is 1.77.